The fourth-order valence-electron chi connectivity index (χ4n) is 2.28. The van der Waals surface area contributed by atoms with Crippen LogP contribution in [0.5, 0.6) is 0 Å². The Morgan fingerprint density at radius 1 is 1.39 bits per heavy atom. The molecule has 1 aliphatic rings. The van der Waals surface area contributed by atoms with Gasteiger partial charge in [0, 0.05) is 18.0 Å². The number of ketones is 1. The van der Waals surface area contributed by atoms with Gasteiger partial charge in [-0.3, -0.25) is 4.79 Å². The Bertz CT molecular complexity index is 421. The lowest BCUT2D eigenvalue weighted by atomic mass is 9.79. The van der Waals surface area contributed by atoms with E-state index in [1.54, 1.807) is 0 Å². The Hall–Kier alpha value is -1.15. The third kappa shape index (κ3) is 2.99. The van der Waals surface area contributed by atoms with Crippen molar-refractivity contribution in [3.05, 3.63) is 35.4 Å². The van der Waals surface area contributed by atoms with E-state index >= 15 is 0 Å². The lowest BCUT2D eigenvalue weighted by molar-refractivity contribution is 0.0967. The van der Waals surface area contributed by atoms with E-state index in [4.69, 9.17) is 5.73 Å². The van der Waals surface area contributed by atoms with Gasteiger partial charge in [-0.2, -0.15) is 0 Å². The molecular formula is C16H23NO. The fourth-order valence-corrected chi connectivity index (χ4v) is 2.28. The zero-order valence-corrected chi connectivity index (χ0v) is 11.4. The van der Waals surface area contributed by atoms with E-state index in [9.17, 15) is 4.79 Å². The highest BCUT2D eigenvalue weighted by molar-refractivity contribution is 5.96. The summed E-state index contributed by atoms with van der Waals surface area (Å²) in [5, 5.41) is 0. The summed E-state index contributed by atoms with van der Waals surface area (Å²) in [6.07, 6.45) is 4.30. The predicted octanol–water partition coefficient (Wildman–Crippen LogP) is 3.51. The molecule has 0 heterocycles. The number of hydrogen-bond donors (Lipinski definition) is 1. The van der Waals surface area contributed by atoms with Crippen LogP contribution in [0.25, 0.3) is 0 Å². The second-order valence-corrected chi connectivity index (χ2v) is 5.79. The second kappa shape index (κ2) is 5.66. The molecule has 0 amide bonds. The van der Waals surface area contributed by atoms with Gasteiger partial charge in [0.05, 0.1) is 0 Å². The van der Waals surface area contributed by atoms with E-state index in [2.05, 4.69) is 26.0 Å². The number of hydrogen-bond acceptors (Lipinski definition) is 2. The van der Waals surface area contributed by atoms with Gasteiger partial charge in [-0.1, -0.05) is 38.5 Å². The van der Waals surface area contributed by atoms with Crippen LogP contribution in [0, 0.1) is 5.92 Å². The first-order valence-corrected chi connectivity index (χ1v) is 6.96. The number of benzene rings is 1. The van der Waals surface area contributed by atoms with Crippen molar-refractivity contribution in [3.63, 3.8) is 0 Å². The van der Waals surface area contributed by atoms with E-state index in [0.717, 1.165) is 5.56 Å². The molecule has 18 heavy (non-hydrogen) atoms. The number of Topliss-reactive ketones (excluding diaryl/α,β-unsaturated/α-hetero) is 1. The molecule has 1 aromatic rings. The Labute approximate surface area is 110 Å². The van der Waals surface area contributed by atoms with Gasteiger partial charge in [0.15, 0.2) is 5.78 Å². The van der Waals surface area contributed by atoms with Crippen molar-refractivity contribution in [3.8, 4) is 0 Å². The zero-order chi connectivity index (χ0) is 13.1. The molecule has 2 rings (SSSR count). The van der Waals surface area contributed by atoms with Gasteiger partial charge in [0.25, 0.3) is 0 Å². The molecule has 1 unspecified atom stereocenters. The standard InChI is InChI=1S/C16H23NO/c1-11(2)15(17)10-16(18)14-8-4-7-13(9-14)12-5-3-6-12/h4,7-9,11-12,15H,3,5-6,10,17H2,1-2H3. The first-order valence-electron chi connectivity index (χ1n) is 6.96. The van der Waals surface area contributed by atoms with Crippen LogP contribution in [0.4, 0.5) is 0 Å². The minimum absolute atomic E-state index is 0.0372. The Kier molecular flexibility index (Phi) is 4.18. The molecule has 0 bridgehead atoms. The zero-order valence-electron chi connectivity index (χ0n) is 11.4. The molecule has 0 radical (unpaired) electrons. The molecule has 98 valence electrons. The largest absolute Gasteiger partial charge is 0.327 e. The minimum Gasteiger partial charge on any atom is -0.327 e. The highest BCUT2D eigenvalue weighted by Crippen LogP contribution is 2.36. The number of rotatable bonds is 5. The molecule has 1 fully saturated rings. The Morgan fingerprint density at radius 3 is 2.67 bits per heavy atom. The quantitative estimate of drug-likeness (QED) is 0.807. The topological polar surface area (TPSA) is 43.1 Å². The summed E-state index contributed by atoms with van der Waals surface area (Å²) in [6, 6.07) is 8.09. The maximum absolute atomic E-state index is 12.2. The van der Waals surface area contributed by atoms with Crippen LogP contribution in [-0.4, -0.2) is 11.8 Å². The van der Waals surface area contributed by atoms with Gasteiger partial charge >= 0.3 is 0 Å². The van der Waals surface area contributed by atoms with Crippen molar-refractivity contribution in [2.24, 2.45) is 11.7 Å². The highest BCUT2D eigenvalue weighted by atomic mass is 16.1. The second-order valence-electron chi connectivity index (χ2n) is 5.79. The number of carbonyl (C=O) groups excluding carboxylic acids is 1. The van der Waals surface area contributed by atoms with Crippen molar-refractivity contribution in [1.29, 1.82) is 0 Å². The van der Waals surface area contributed by atoms with Gasteiger partial charge in [0.1, 0.15) is 0 Å². The van der Waals surface area contributed by atoms with Gasteiger partial charge in [-0.15, -0.1) is 0 Å². The molecule has 2 heteroatoms. The molecule has 1 aromatic carbocycles. The van der Waals surface area contributed by atoms with Crippen molar-refractivity contribution in [2.75, 3.05) is 0 Å². The summed E-state index contributed by atoms with van der Waals surface area (Å²) in [5.74, 6) is 1.21. The van der Waals surface area contributed by atoms with E-state index in [1.165, 1.54) is 24.8 Å². The molecule has 0 aliphatic heterocycles. The monoisotopic (exact) mass is 245 g/mol. The summed E-state index contributed by atoms with van der Waals surface area (Å²) in [5.41, 5.74) is 8.12. The van der Waals surface area contributed by atoms with Crippen LogP contribution in [0.3, 0.4) is 0 Å². The normalized spacial score (nSPS) is 17.6. The molecule has 1 aliphatic carbocycles. The van der Waals surface area contributed by atoms with Crippen molar-refractivity contribution >= 4 is 5.78 Å². The van der Waals surface area contributed by atoms with Crippen molar-refractivity contribution < 1.29 is 4.79 Å². The van der Waals surface area contributed by atoms with Gasteiger partial charge in [0.2, 0.25) is 0 Å². The lowest BCUT2D eigenvalue weighted by Crippen LogP contribution is -2.29. The Balaban J connectivity index is 2.05. The van der Waals surface area contributed by atoms with Gasteiger partial charge in [-0.25, -0.2) is 0 Å². The van der Waals surface area contributed by atoms with E-state index in [-0.39, 0.29) is 11.8 Å². The molecule has 0 spiro atoms. The van der Waals surface area contributed by atoms with Crippen LogP contribution in [0.15, 0.2) is 24.3 Å². The van der Waals surface area contributed by atoms with E-state index < -0.39 is 0 Å². The third-order valence-corrected chi connectivity index (χ3v) is 4.06. The molecular weight excluding hydrogens is 222 g/mol. The van der Waals surface area contributed by atoms with Crippen LogP contribution in [0.2, 0.25) is 0 Å². The minimum atomic E-state index is -0.0372. The molecule has 0 saturated heterocycles. The van der Waals surface area contributed by atoms with E-state index in [0.29, 0.717) is 18.3 Å². The van der Waals surface area contributed by atoms with Gasteiger partial charge < -0.3 is 5.73 Å². The third-order valence-electron chi connectivity index (χ3n) is 4.06. The number of carbonyl (C=O) groups is 1. The molecule has 2 nitrogen and oxygen atoms in total. The lowest BCUT2D eigenvalue weighted by Gasteiger charge is -2.26. The predicted molar refractivity (Wildman–Crippen MR) is 74.8 cm³/mol. The maximum Gasteiger partial charge on any atom is 0.164 e. The van der Waals surface area contributed by atoms with Crippen LogP contribution in [-0.2, 0) is 0 Å². The van der Waals surface area contributed by atoms with Crippen LogP contribution >= 0.6 is 0 Å². The Morgan fingerprint density at radius 2 is 2.11 bits per heavy atom. The highest BCUT2D eigenvalue weighted by Gasteiger charge is 2.21. The summed E-state index contributed by atoms with van der Waals surface area (Å²) in [4.78, 5) is 12.2. The molecule has 1 atom stereocenters. The van der Waals surface area contributed by atoms with E-state index in [1.807, 2.05) is 12.1 Å². The van der Waals surface area contributed by atoms with Crippen LogP contribution in [0.1, 0.15) is 61.4 Å². The maximum atomic E-state index is 12.2. The smallest absolute Gasteiger partial charge is 0.164 e. The average Bonchev–Trinajstić information content (AvgIpc) is 2.26. The summed E-state index contributed by atoms with van der Waals surface area (Å²) in [7, 11) is 0. The van der Waals surface area contributed by atoms with Crippen molar-refractivity contribution in [2.45, 2.75) is 51.5 Å². The number of nitrogens with two attached hydrogens (primary N) is 1. The average molecular weight is 245 g/mol. The molecule has 2 N–H and O–H groups in total. The van der Waals surface area contributed by atoms with Crippen molar-refractivity contribution in [1.82, 2.24) is 0 Å². The first kappa shape index (κ1) is 13.3. The molecule has 1 saturated carbocycles. The SMILES string of the molecule is CC(C)C(N)CC(=O)c1cccc(C2CCC2)c1. The summed E-state index contributed by atoms with van der Waals surface area (Å²) in [6.45, 7) is 4.12. The van der Waals surface area contributed by atoms with Crippen LogP contribution < -0.4 is 5.73 Å². The fraction of sp³-hybridized carbons (Fsp3) is 0.562. The first-order chi connectivity index (χ1) is 8.58. The van der Waals surface area contributed by atoms with Gasteiger partial charge in [-0.05, 0) is 36.3 Å². The summed E-state index contributed by atoms with van der Waals surface area (Å²) >= 11 is 0. The molecule has 0 aromatic heterocycles. The summed E-state index contributed by atoms with van der Waals surface area (Å²) < 4.78 is 0.